The molecule has 9 nitrogen and oxygen atoms in total. The first-order valence-corrected chi connectivity index (χ1v) is 9.57. The average molecular weight is 419 g/mol. The summed E-state index contributed by atoms with van der Waals surface area (Å²) in [5.74, 6) is -0.323. The van der Waals surface area contributed by atoms with Crippen LogP contribution in [0.15, 0.2) is 43.5 Å². The molecule has 0 aliphatic carbocycles. The first kappa shape index (κ1) is 20.5. The number of hydrogen-bond acceptors (Lipinski definition) is 7. The smallest absolute Gasteiger partial charge is 0.328 e. The molecule has 152 valence electrons. The van der Waals surface area contributed by atoms with Gasteiger partial charge in [0.2, 0.25) is 11.8 Å². The number of nitrogens with zero attached hydrogens (tertiary/aromatic N) is 3. The van der Waals surface area contributed by atoms with Gasteiger partial charge in [-0.05, 0) is 24.6 Å². The average Bonchev–Trinajstić information content (AvgIpc) is 3.15. The molecule has 0 atom stereocenters. The molecule has 0 saturated heterocycles. The molecule has 0 aliphatic rings. The Morgan fingerprint density at radius 1 is 1.28 bits per heavy atom. The van der Waals surface area contributed by atoms with Gasteiger partial charge >= 0.3 is 5.69 Å². The van der Waals surface area contributed by atoms with Gasteiger partial charge < -0.3 is 14.7 Å². The number of aromatic nitrogens is 4. The van der Waals surface area contributed by atoms with Gasteiger partial charge in [0.15, 0.2) is 0 Å². The van der Waals surface area contributed by atoms with Crippen LogP contribution in [-0.4, -0.2) is 31.4 Å². The van der Waals surface area contributed by atoms with Gasteiger partial charge in [0.25, 0.3) is 10.8 Å². The number of carbonyl (C=O) groups excluding carboxylic acids is 1. The Hall–Kier alpha value is -3.21. The van der Waals surface area contributed by atoms with Crippen LogP contribution >= 0.6 is 11.8 Å². The lowest BCUT2D eigenvalue weighted by atomic mass is 10.2. The number of benzene rings is 1. The molecular formula is C18H18FN5O4S. The maximum Gasteiger partial charge on any atom is 0.328 e. The van der Waals surface area contributed by atoms with Crippen LogP contribution in [0.2, 0.25) is 0 Å². The number of aromatic amines is 1. The zero-order valence-electron chi connectivity index (χ0n) is 15.7. The fourth-order valence-electron chi connectivity index (χ4n) is 2.48. The fourth-order valence-corrected chi connectivity index (χ4v) is 3.09. The fraction of sp³-hybridized carbons (Fsp3) is 0.278. The number of rotatable bonds is 7. The Kier molecular flexibility index (Phi) is 6.27. The van der Waals surface area contributed by atoms with E-state index >= 15 is 0 Å². The van der Waals surface area contributed by atoms with Crippen LogP contribution in [0.5, 0.6) is 0 Å². The Labute approximate surface area is 168 Å². The minimum absolute atomic E-state index is 0.0578. The third-order valence-corrected chi connectivity index (χ3v) is 4.94. The number of nitrogens with one attached hydrogen (secondary N) is 2. The van der Waals surface area contributed by atoms with Crippen molar-refractivity contribution in [3.8, 4) is 0 Å². The molecule has 1 aromatic carbocycles. The van der Waals surface area contributed by atoms with Crippen molar-refractivity contribution in [1.82, 2.24) is 25.1 Å². The third kappa shape index (κ3) is 5.19. The van der Waals surface area contributed by atoms with Crippen molar-refractivity contribution in [3.05, 3.63) is 73.6 Å². The van der Waals surface area contributed by atoms with Gasteiger partial charge in [0.1, 0.15) is 5.82 Å². The summed E-state index contributed by atoms with van der Waals surface area (Å²) in [7, 11) is 1.38. The minimum atomic E-state index is -0.496. The summed E-state index contributed by atoms with van der Waals surface area (Å²) in [5, 5.41) is 10.6. The van der Waals surface area contributed by atoms with Crippen molar-refractivity contribution < 1.29 is 13.6 Å². The van der Waals surface area contributed by atoms with E-state index in [2.05, 4.69) is 20.5 Å². The summed E-state index contributed by atoms with van der Waals surface area (Å²) in [6.45, 7) is 1.90. The number of carbonyl (C=O) groups is 1. The minimum Gasteiger partial charge on any atom is -0.416 e. The van der Waals surface area contributed by atoms with E-state index in [1.165, 1.54) is 19.2 Å². The zero-order valence-corrected chi connectivity index (χ0v) is 16.5. The van der Waals surface area contributed by atoms with Crippen LogP contribution in [0.25, 0.3) is 0 Å². The Morgan fingerprint density at radius 2 is 2.00 bits per heavy atom. The van der Waals surface area contributed by atoms with Crippen molar-refractivity contribution in [2.75, 3.05) is 5.75 Å². The van der Waals surface area contributed by atoms with Gasteiger partial charge in [0, 0.05) is 24.8 Å². The lowest BCUT2D eigenvalue weighted by Crippen LogP contribution is -2.36. The van der Waals surface area contributed by atoms with Gasteiger partial charge in [0.05, 0.1) is 12.2 Å². The van der Waals surface area contributed by atoms with Crippen molar-refractivity contribution >= 4 is 17.7 Å². The Balaban J connectivity index is 1.55. The van der Waals surface area contributed by atoms with Gasteiger partial charge in [-0.15, -0.1) is 10.2 Å². The molecule has 3 aromatic rings. The molecule has 2 aromatic heterocycles. The summed E-state index contributed by atoms with van der Waals surface area (Å²) < 4.78 is 19.3. The van der Waals surface area contributed by atoms with Crippen LogP contribution in [0.4, 0.5) is 4.39 Å². The highest BCUT2D eigenvalue weighted by atomic mass is 32.2. The second-order valence-electron chi connectivity index (χ2n) is 6.23. The Morgan fingerprint density at radius 3 is 2.72 bits per heavy atom. The molecule has 0 radical (unpaired) electrons. The quantitative estimate of drug-likeness (QED) is 0.546. The van der Waals surface area contributed by atoms with Crippen molar-refractivity contribution in [1.29, 1.82) is 0 Å². The molecule has 11 heteroatoms. The normalized spacial score (nSPS) is 10.9. The predicted molar refractivity (Wildman–Crippen MR) is 103 cm³/mol. The number of hydrogen-bond donors (Lipinski definition) is 2. The van der Waals surface area contributed by atoms with E-state index < -0.39 is 11.2 Å². The van der Waals surface area contributed by atoms with E-state index in [1.54, 1.807) is 19.1 Å². The molecule has 0 unspecified atom stereocenters. The van der Waals surface area contributed by atoms with E-state index in [4.69, 9.17) is 4.42 Å². The second-order valence-corrected chi connectivity index (χ2v) is 7.15. The summed E-state index contributed by atoms with van der Waals surface area (Å²) in [6, 6.07) is 5.84. The number of thioether (sulfide) groups is 1. The lowest BCUT2D eigenvalue weighted by Gasteiger charge is -2.04. The molecule has 0 saturated carbocycles. The van der Waals surface area contributed by atoms with Crippen LogP contribution in [0.1, 0.15) is 22.7 Å². The highest BCUT2D eigenvalue weighted by Crippen LogP contribution is 2.17. The standard InChI is InChI=1S/C18H18FN5O4S/c1-10-13(16(26)24(2)17(27)21-10)7-15-22-23-18(28-15)29-9-14(25)20-8-11-3-5-12(19)6-4-11/h3-6H,7-9H2,1-2H3,(H,20,25)(H,21,27). The van der Waals surface area contributed by atoms with Crippen LogP contribution in [0, 0.1) is 12.7 Å². The van der Waals surface area contributed by atoms with Crippen LogP contribution in [0.3, 0.4) is 0 Å². The van der Waals surface area contributed by atoms with E-state index in [0.717, 1.165) is 21.9 Å². The first-order chi connectivity index (χ1) is 13.8. The summed E-state index contributed by atoms with van der Waals surface area (Å²) >= 11 is 1.06. The molecular weight excluding hydrogens is 401 g/mol. The first-order valence-electron chi connectivity index (χ1n) is 8.58. The SMILES string of the molecule is Cc1[nH]c(=O)n(C)c(=O)c1Cc1nnc(SCC(=O)NCc2ccc(F)cc2)o1. The predicted octanol–water partition coefficient (Wildman–Crippen LogP) is 0.903. The molecule has 1 amide bonds. The molecule has 0 fully saturated rings. The zero-order chi connectivity index (χ0) is 21.0. The van der Waals surface area contributed by atoms with Crippen LogP contribution in [-0.2, 0) is 24.8 Å². The number of aryl methyl sites for hydroxylation is 1. The molecule has 0 spiro atoms. The molecule has 0 bridgehead atoms. The number of amides is 1. The molecule has 2 heterocycles. The van der Waals surface area contributed by atoms with Crippen molar-refractivity contribution in [2.45, 2.75) is 25.1 Å². The Bertz CT molecular complexity index is 1140. The van der Waals surface area contributed by atoms with Crippen molar-refractivity contribution in [3.63, 3.8) is 0 Å². The van der Waals surface area contributed by atoms with E-state index in [1.807, 2.05) is 0 Å². The highest BCUT2D eigenvalue weighted by Gasteiger charge is 2.15. The van der Waals surface area contributed by atoms with E-state index in [-0.39, 0.29) is 41.6 Å². The maximum absolute atomic E-state index is 12.9. The van der Waals surface area contributed by atoms with E-state index in [9.17, 15) is 18.8 Å². The highest BCUT2D eigenvalue weighted by molar-refractivity contribution is 7.99. The molecule has 0 aliphatic heterocycles. The largest absolute Gasteiger partial charge is 0.416 e. The summed E-state index contributed by atoms with van der Waals surface area (Å²) in [6.07, 6.45) is 0.0691. The third-order valence-electron chi connectivity index (χ3n) is 4.12. The molecule has 2 N–H and O–H groups in total. The maximum atomic E-state index is 12.9. The number of H-pyrrole nitrogens is 1. The van der Waals surface area contributed by atoms with Gasteiger partial charge in [-0.2, -0.15) is 0 Å². The molecule has 3 rings (SSSR count). The number of halogens is 1. The molecule has 29 heavy (non-hydrogen) atoms. The van der Waals surface area contributed by atoms with E-state index in [0.29, 0.717) is 11.3 Å². The summed E-state index contributed by atoms with van der Waals surface area (Å²) in [5.41, 5.74) is 0.640. The second kappa shape index (κ2) is 8.86. The monoisotopic (exact) mass is 419 g/mol. The summed E-state index contributed by atoms with van der Waals surface area (Å²) in [4.78, 5) is 38.3. The lowest BCUT2D eigenvalue weighted by molar-refractivity contribution is -0.118. The topological polar surface area (TPSA) is 123 Å². The van der Waals surface area contributed by atoms with Gasteiger partial charge in [-0.3, -0.25) is 14.2 Å². The van der Waals surface area contributed by atoms with Gasteiger partial charge in [-0.1, -0.05) is 23.9 Å². The van der Waals surface area contributed by atoms with Crippen molar-refractivity contribution in [2.24, 2.45) is 7.05 Å². The van der Waals surface area contributed by atoms with Gasteiger partial charge in [-0.25, -0.2) is 9.18 Å². The van der Waals surface area contributed by atoms with Crippen LogP contribution < -0.4 is 16.6 Å².